The van der Waals surface area contributed by atoms with Gasteiger partial charge < -0.3 is 9.47 Å². The molecule has 0 bridgehead atoms. The summed E-state index contributed by atoms with van der Waals surface area (Å²) in [4.78, 5) is 10.4. The van der Waals surface area contributed by atoms with Crippen LogP contribution in [-0.4, -0.2) is 26.1 Å². The van der Waals surface area contributed by atoms with Crippen molar-refractivity contribution in [3.8, 4) is 0 Å². The third kappa shape index (κ3) is 2.00. The van der Waals surface area contributed by atoms with Gasteiger partial charge in [0.25, 0.3) is 0 Å². The lowest BCUT2D eigenvalue weighted by Gasteiger charge is -2.23. The number of ether oxygens (including phenoxy) is 2. The van der Waals surface area contributed by atoms with Gasteiger partial charge in [-0.25, -0.2) is 0 Å². The third-order valence-electron chi connectivity index (χ3n) is 2.26. The average molecular weight is 192 g/mol. The number of carbonyl (C=O) groups is 1. The maximum absolute atomic E-state index is 10.4. The van der Waals surface area contributed by atoms with E-state index < -0.39 is 0 Å². The van der Waals surface area contributed by atoms with Gasteiger partial charge in [0.15, 0.2) is 0 Å². The molecular weight excluding hydrogens is 180 g/mol. The van der Waals surface area contributed by atoms with E-state index in [0.29, 0.717) is 25.4 Å². The lowest BCUT2D eigenvalue weighted by molar-refractivity contribution is -0.0901. The minimum Gasteiger partial charge on any atom is -0.376 e. The second-order valence-corrected chi connectivity index (χ2v) is 3.22. The molecule has 2 rings (SSSR count). The van der Waals surface area contributed by atoms with E-state index in [1.807, 2.05) is 12.1 Å². The zero-order chi connectivity index (χ0) is 9.80. The minimum atomic E-state index is 0.0180. The number of aldehydes is 1. The Morgan fingerprint density at radius 1 is 1.21 bits per heavy atom. The van der Waals surface area contributed by atoms with E-state index in [1.54, 1.807) is 12.1 Å². The molecule has 74 valence electrons. The molecule has 0 spiro atoms. The molecule has 1 aliphatic heterocycles. The molecule has 1 aliphatic rings. The van der Waals surface area contributed by atoms with Crippen molar-refractivity contribution in [1.82, 2.24) is 0 Å². The van der Waals surface area contributed by atoms with E-state index in [-0.39, 0.29) is 6.10 Å². The quantitative estimate of drug-likeness (QED) is 0.667. The SMILES string of the molecule is O=Cc1ccc(C2COCCO2)cc1. The van der Waals surface area contributed by atoms with Gasteiger partial charge in [0.1, 0.15) is 12.4 Å². The first-order valence-corrected chi connectivity index (χ1v) is 4.64. The van der Waals surface area contributed by atoms with E-state index in [4.69, 9.17) is 9.47 Å². The van der Waals surface area contributed by atoms with Crippen molar-refractivity contribution in [3.63, 3.8) is 0 Å². The molecule has 0 aliphatic carbocycles. The molecule has 1 heterocycles. The molecule has 1 aromatic carbocycles. The van der Waals surface area contributed by atoms with Crippen LogP contribution in [0.4, 0.5) is 0 Å². The van der Waals surface area contributed by atoms with Gasteiger partial charge in [-0.1, -0.05) is 24.3 Å². The Balaban J connectivity index is 2.11. The molecule has 0 saturated carbocycles. The van der Waals surface area contributed by atoms with Crippen molar-refractivity contribution in [2.75, 3.05) is 19.8 Å². The smallest absolute Gasteiger partial charge is 0.150 e. The molecule has 1 aromatic rings. The molecule has 1 fully saturated rings. The number of hydrogen-bond donors (Lipinski definition) is 0. The first-order chi connectivity index (χ1) is 6.90. The van der Waals surface area contributed by atoms with Gasteiger partial charge in [0, 0.05) is 5.56 Å². The fourth-order valence-corrected chi connectivity index (χ4v) is 1.47. The molecule has 1 unspecified atom stereocenters. The van der Waals surface area contributed by atoms with Crippen molar-refractivity contribution < 1.29 is 14.3 Å². The van der Waals surface area contributed by atoms with Crippen LogP contribution in [0.2, 0.25) is 0 Å². The van der Waals surface area contributed by atoms with Crippen LogP contribution >= 0.6 is 0 Å². The topological polar surface area (TPSA) is 35.5 Å². The second-order valence-electron chi connectivity index (χ2n) is 3.22. The Hall–Kier alpha value is -1.19. The Morgan fingerprint density at radius 3 is 2.57 bits per heavy atom. The van der Waals surface area contributed by atoms with Crippen molar-refractivity contribution in [3.05, 3.63) is 35.4 Å². The molecule has 0 amide bonds. The largest absolute Gasteiger partial charge is 0.376 e. The van der Waals surface area contributed by atoms with Gasteiger partial charge >= 0.3 is 0 Å². The van der Waals surface area contributed by atoms with Crippen molar-refractivity contribution in [2.45, 2.75) is 6.10 Å². The van der Waals surface area contributed by atoms with Crippen LogP contribution in [0.5, 0.6) is 0 Å². The summed E-state index contributed by atoms with van der Waals surface area (Å²) in [5.74, 6) is 0. The number of carbonyl (C=O) groups excluding carboxylic acids is 1. The molecule has 14 heavy (non-hydrogen) atoms. The van der Waals surface area contributed by atoms with E-state index in [9.17, 15) is 4.79 Å². The fourth-order valence-electron chi connectivity index (χ4n) is 1.47. The summed E-state index contributed by atoms with van der Waals surface area (Å²) in [5.41, 5.74) is 1.75. The average Bonchev–Trinajstić information content (AvgIpc) is 2.30. The zero-order valence-electron chi connectivity index (χ0n) is 7.81. The van der Waals surface area contributed by atoms with Crippen LogP contribution in [0.25, 0.3) is 0 Å². The summed E-state index contributed by atoms with van der Waals surface area (Å²) in [6.07, 6.45) is 0.853. The Morgan fingerprint density at radius 2 is 2.00 bits per heavy atom. The van der Waals surface area contributed by atoms with Gasteiger partial charge in [-0.05, 0) is 5.56 Å². The van der Waals surface area contributed by atoms with Crippen molar-refractivity contribution in [1.29, 1.82) is 0 Å². The van der Waals surface area contributed by atoms with Gasteiger partial charge in [-0.2, -0.15) is 0 Å². The first-order valence-electron chi connectivity index (χ1n) is 4.64. The highest BCUT2D eigenvalue weighted by molar-refractivity contribution is 5.74. The molecule has 0 aromatic heterocycles. The number of rotatable bonds is 2. The minimum absolute atomic E-state index is 0.0180. The van der Waals surface area contributed by atoms with Crippen molar-refractivity contribution >= 4 is 6.29 Å². The number of hydrogen-bond acceptors (Lipinski definition) is 3. The van der Waals surface area contributed by atoms with Gasteiger partial charge in [0.05, 0.1) is 19.8 Å². The van der Waals surface area contributed by atoms with Gasteiger partial charge in [0.2, 0.25) is 0 Å². The van der Waals surface area contributed by atoms with Crippen LogP contribution < -0.4 is 0 Å². The predicted octanol–water partition coefficient (Wildman–Crippen LogP) is 1.59. The standard InChI is InChI=1S/C11H12O3/c12-7-9-1-3-10(4-2-9)11-8-13-5-6-14-11/h1-4,7,11H,5-6,8H2. The summed E-state index contributed by atoms with van der Waals surface area (Å²) in [5, 5.41) is 0. The van der Waals surface area contributed by atoms with Crippen LogP contribution in [-0.2, 0) is 9.47 Å². The first kappa shape index (κ1) is 9.37. The lowest BCUT2D eigenvalue weighted by atomic mass is 10.1. The molecule has 3 heteroatoms. The molecule has 1 atom stereocenters. The second kappa shape index (κ2) is 4.35. The monoisotopic (exact) mass is 192 g/mol. The zero-order valence-corrected chi connectivity index (χ0v) is 7.81. The number of benzene rings is 1. The van der Waals surface area contributed by atoms with Gasteiger partial charge in [-0.3, -0.25) is 4.79 Å². The summed E-state index contributed by atoms with van der Waals surface area (Å²) in [7, 11) is 0. The predicted molar refractivity (Wildman–Crippen MR) is 51.3 cm³/mol. The highest BCUT2D eigenvalue weighted by Crippen LogP contribution is 2.20. The molecule has 3 nitrogen and oxygen atoms in total. The normalized spacial score (nSPS) is 21.9. The van der Waals surface area contributed by atoms with Crippen LogP contribution in [0.1, 0.15) is 22.0 Å². The highest BCUT2D eigenvalue weighted by Gasteiger charge is 2.15. The third-order valence-corrected chi connectivity index (χ3v) is 2.26. The van der Waals surface area contributed by atoms with Crippen LogP contribution in [0.3, 0.4) is 0 Å². The summed E-state index contributed by atoms with van der Waals surface area (Å²) < 4.78 is 10.8. The lowest BCUT2D eigenvalue weighted by Crippen LogP contribution is -2.21. The maximum atomic E-state index is 10.4. The molecule has 0 radical (unpaired) electrons. The van der Waals surface area contributed by atoms with E-state index in [2.05, 4.69) is 0 Å². The Labute approximate surface area is 82.6 Å². The Bertz CT molecular complexity index is 299. The van der Waals surface area contributed by atoms with Crippen LogP contribution in [0, 0.1) is 0 Å². The van der Waals surface area contributed by atoms with E-state index >= 15 is 0 Å². The fraction of sp³-hybridized carbons (Fsp3) is 0.364. The van der Waals surface area contributed by atoms with E-state index in [0.717, 1.165) is 11.8 Å². The molecule has 0 N–H and O–H groups in total. The van der Waals surface area contributed by atoms with Gasteiger partial charge in [-0.15, -0.1) is 0 Å². The summed E-state index contributed by atoms with van der Waals surface area (Å²) in [6, 6.07) is 7.40. The molecular formula is C11H12O3. The Kier molecular flexibility index (Phi) is 2.91. The summed E-state index contributed by atoms with van der Waals surface area (Å²) >= 11 is 0. The van der Waals surface area contributed by atoms with E-state index in [1.165, 1.54) is 0 Å². The van der Waals surface area contributed by atoms with Crippen molar-refractivity contribution in [2.24, 2.45) is 0 Å². The molecule has 1 saturated heterocycles. The maximum Gasteiger partial charge on any atom is 0.150 e. The highest BCUT2D eigenvalue weighted by atomic mass is 16.6. The van der Waals surface area contributed by atoms with Crippen LogP contribution in [0.15, 0.2) is 24.3 Å². The summed E-state index contributed by atoms with van der Waals surface area (Å²) in [6.45, 7) is 1.91.